The molecule has 1 fully saturated rings. The van der Waals surface area contributed by atoms with E-state index in [-0.39, 0.29) is 29.3 Å². The zero-order valence-electron chi connectivity index (χ0n) is 18.7. The highest BCUT2D eigenvalue weighted by Crippen LogP contribution is 2.42. The SMILES string of the molecule is CCC1[C@H](O)C[C@H](c2ccncc2NC(=O)c2nc(-c3ccc(F)cn3)ccc2N)C[C@@H]1C. The second kappa shape index (κ2) is 9.62. The van der Waals surface area contributed by atoms with E-state index in [1.54, 1.807) is 24.5 Å². The lowest BCUT2D eigenvalue weighted by Gasteiger charge is -2.38. The number of halogens is 1. The Hall–Kier alpha value is -3.39. The van der Waals surface area contributed by atoms with Crippen molar-refractivity contribution in [2.75, 3.05) is 11.1 Å². The van der Waals surface area contributed by atoms with Gasteiger partial charge in [-0.1, -0.05) is 20.3 Å². The molecule has 0 saturated heterocycles. The van der Waals surface area contributed by atoms with Crippen LogP contribution in [0, 0.1) is 17.7 Å². The van der Waals surface area contributed by atoms with Crippen LogP contribution in [0.15, 0.2) is 48.9 Å². The number of nitrogens with two attached hydrogens (primary N) is 1. The number of pyridine rings is 3. The summed E-state index contributed by atoms with van der Waals surface area (Å²) in [5.74, 6) is -0.160. The van der Waals surface area contributed by atoms with E-state index < -0.39 is 11.7 Å². The summed E-state index contributed by atoms with van der Waals surface area (Å²) < 4.78 is 13.2. The fourth-order valence-corrected chi connectivity index (χ4v) is 4.86. The molecule has 4 atom stereocenters. The zero-order chi connectivity index (χ0) is 23.5. The third-order valence-electron chi connectivity index (χ3n) is 6.55. The molecule has 8 heteroatoms. The Balaban J connectivity index is 1.59. The molecule has 3 aromatic rings. The molecule has 1 aliphatic carbocycles. The lowest BCUT2D eigenvalue weighted by molar-refractivity contribution is 0.0267. The molecular weight excluding hydrogens is 421 g/mol. The number of aliphatic hydroxyl groups is 1. The van der Waals surface area contributed by atoms with Gasteiger partial charge >= 0.3 is 0 Å². The largest absolute Gasteiger partial charge is 0.397 e. The van der Waals surface area contributed by atoms with Crippen LogP contribution in [0.1, 0.15) is 55.1 Å². The molecule has 0 radical (unpaired) electrons. The first-order valence-electron chi connectivity index (χ1n) is 11.2. The van der Waals surface area contributed by atoms with Gasteiger partial charge in [0, 0.05) is 6.20 Å². The molecule has 1 amide bonds. The summed E-state index contributed by atoms with van der Waals surface area (Å²) in [5, 5.41) is 13.6. The van der Waals surface area contributed by atoms with E-state index in [4.69, 9.17) is 5.73 Å². The van der Waals surface area contributed by atoms with E-state index in [1.165, 1.54) is 12.1 Å². The van der Waals surface area contributed by atoms with Crippen LogP contribution in [-0.4, -0.2) is 32.1 Å². The second-order valence-corrected chi connectivity index (χ2v) is 8.70. The van der Waals surface area contributed by atoms with Gasteiger partial charge in [-0.25, -0.2) is 9.37 Å². The number of hydrogen-bond donors (Lipinski definition) is 3. The Morgan fingerprint density at radius 1 is 1.18 bits per heavy atom. The summed E-state index contributed by atoms with van der Waals surface area (Å²) in [6, 6.07) is 7.88. The van der Waals surface area contributed by atoms with Crippen molar-refractivity contribution in [1.82, 2.24) is 15.0 Å². The fraction of sp³-hybridized carbons (Fsp3) is 0.360. The van der Waals surface area contributed by atoms with Crippen LogP contribution in [0.3, 0.4) is 0 Å². The Labute approximate surface area is 192 Å². The number of carbonyl (C=O) groups excluding carboxylic acids is 1. The van der Waals surface area contributed by atoms with E-state index in [0.29, 0.717) is 29.4 Å². The number of anilines is 2. The van der Waals surface area contributed by atoms with E-state index in [2.05, 4.69) is 34.1 Å². The molecule has 1 saturated carbocycles. The fourth-order valence-electron chi connectivity index (χ4n) is 4.86. The Kier molecular flexibility index (Phi) is 6.65. The Morgan fingerprint density at radius 3 is 2.67 bits per heavy atom. The average Bonchev–Trinajstić information content (AvgIpc) is 2.80. The standard InChI is InChI=1S/C25H28FN5O2/c1-3-17-14(2)10-15(11-23(17)32)18-8-9-28-13-22(18)31-25(33)24-19(27)5-7-21(30-24)20-6-4-16(26)12-29-20/h4-9,12-15,17,23,32H,3,10-11,27H2,1-2H3,(H,31,33)/t14-,15+,17?,23+/m0/s1. The number of aromatic nitrogens is 3. The number of nitrogens with zero attached hydrogens (tertiary/aromatic N) is 3. The van der Waals surface area contributed by atoms with Gasteiger partial charge in [-0.3, -0.25) is 14.8 Å². The van der Waals surface area contributed by atoms with E-state index >= 15 is 0 Å². The van der Waals surface area contributed by atoms with Crippen LogP contribution >= 0.6 is 0 Å². The van der Waals surface area contributed by atoms with Crippen LogP contribution < -0.4 is 11.1 Å². The Bertz CT molecular complexity index is 1130. The van der Waals surface area contributed by atoms with Gasteiger partial charge in [0.25, 0.3) is 5.91 Å². The summed E-state index contributed by atoms with van der Waals surface area (Å²) in [6.07, 6.45) is 6.53. The van der Waals surface area contributed by atoms with Crippen LogP contribution in [0.4, 0.5) is 15.8 Å². The van der Waals surface area contributed by atoms with Crippen molar-refractivity contribution in [2.24, 2.45) is 11.8 Å². The summed E-state index contributed by atoms with van der Waals surface area (Å²) in [5.41, 5.74) is 8.67. The maximum atomic E-state index is 13.2. The highest BCUT2D eigenvalue weighted by atomic mass is 19.1. The average molecular weight is 450 g/mol. The molecular formula is C25H28FN5O2. The van der Waals surface area contributed by atoms with Gasteiger partial charge < -0.3 is 16.2 Å². The van der Waals surface area contributed by atoms with Gasteiger partial charge in [0.15, 0.2) is 5.69 Å². The first-order valence-corrected chi connectivity index (χ1v) is 11.2. The Morgan fingerprint density at radius 2 is 1.97 bits per heavy atom. The van der Waals surface area contributed by atoms with Crippen molar-refractivity contribution in [1.29, 1.82) is 0 Å². The summed E-state index contributed by atoms with van der Waals surface area (Å²) in [7, 11) is 0. The first-order chi connectivity index (χ1) is 15.9. The van der Waals surface area contributed by atoms with E-state index in [1.807, 2.05) is 6.07 Å². The lowest BCUT2D eigenvalue weighted by Crippen LogP contribution is -2.34. The normalized spacial score (nSPS) is 22.7. The molecule has 0 aromatic carbocycles. The monoisotopic (exact) mass is 449 g/mol. The molecule has 4 rings (SSSR count). The predicted octanol–water partition coefficient (Wildman–Crippen LogP) is 4.41. The van der Waals surface area contributed by atoms with Gasteiger partial charge in [0.2, 0.25) is 0 Å². The first kappa shape index (κ1) is 22.8. The highest BCUT2D eigenvalue weighted by molar-refractivity contribution is 6.06. The molecule has 0 aliphatic heterocycles. The molecule has 4 N–H and O–H groups in total. The topological polar surface area (TPSA) is 114 Å². The van der Waals surface area contributed by atoms with E-state index in [9.17, 15) is 14.3 Å². The second-order valence-electron chi connectivity index (χ2n) is 8.70. The third-order valence-corrected chi connectivity index (χ3v) is 6.55. The number of rotatable bonds is 5. The number of nitrogens with one attached hydrogen (secondary N) is 1. The molecule has 7 nitrogen and oxygen atoms in total. The highest BCUT2D eigenvalue weighted by Gasteiger charge is 2.35. The third kappa shape index (κ3) is 4.85. The predicted molar refractivity (Wildman–Crippen MR) is 125 cm³/mol. The van der Waals surface area contributed by atoms with Gasteiger partial charge in [-0.15, -0.1) is 0 Å². The van der Waals surface area contributed by atoms with Crippen LogP contribution in [0.5, 0.6) is 0 Å². The zero-order valence-corrected chi connectivity index (χ0v) is 18.7. The van der Waals surface area contributed by atoms with E-state index in [0.717, 1.165) is 24.6 Å². The molecule has 1 unspecified atom stereocenters. The molecule has 1 aliphatic rings. The molecule has 33 heavy (non-hydrogen) atoms. The quantitative estimate of drug-likeness (QED) is 0.532. The molecule has 0 spiro atoms. The van der Waals surface area contributed by atoms with Gasteiger partial charge in [-0.05, 0) is 66.5 Å². The minimum atomic E-state index is -0.471. The van der Waals surface area contributed by atoms with Crippen molar-refractivity contribution in [2.45, 2.75) is 45.1 Å². The summed E-state index contributed by atoms with van der Waals surface area (Å²) in [4.78, 5) is 25.7. The number of amides is 1. The smallest absolute Gasteiger partial charge is 0.276 e. The lowest BCUT2D eigenvalue weighted by atomic mass is 9.70. The summed E-state index contributed by atoms with van der Waals surface area (Å²) >= 11 is 0. The maximum Gasteiger partial charge on any atom is 0.276 e. The van der Waals surface area contributed by atoms with Crippen LogP contribution in [-0.2, 0) is 0 Å². The summed E-state index contributed by atoms with van der Waals surface area (Å²) in [6.45, 7) is 4.28. The molecule has 3 heterocycles. The molecule has 172 valence electrons. The maximum absolute atomic E-state index is 13.2. The van der Waals surface area contributed by atoms with Crippen molar-refractivity contribution < 1.29 is 14.3 Å². The van der Waals surface area contributed by atoms with Crippen molar-refractivity contribution in [3.05, 3.63) is 66.0 Å². The molecule has 3 aromatic heterocycles. The number of carbonyl (C=O) groups is 1. The van der Waals surface area contributed by atoms with Gasteiger partial charge in [0.1, 0.15) is 5.82 Å². The van der Waals surface area contributed by atoms with Crippen LogP contribution in [0.2, 0.25) is 0 Å². The number of hydrogen-bond acceptors (Lipinski definition) is 6. The van der Waals surface area contributed by atoms with Gasteiger partial charge in [-0.2, -0.15) is 0 Å². The van der Waals surface area contributed by atoms with Crippen molar-refractivity contribution >= 4 is 17.3 Å². The number of aliphatic hydroxyl groups excluding tert-OH is 1. The molecule has 0 bridgehead atoms. The van der Waals surface area contributed by atoms with Gasteiger partial charge in [0.05, 0.1) is 41.3 Å². The number of nitrogen functional groups attached to an aromatic ring is 1. The van der Waals surface area contributed by atoms with Crippen LogP contribution in [0.25, 0.3) is 11.4 Å². The van der Waals surface area contributed by atoms with Crippen molar-refractivity contribution in [3.8, 4) is 11.4 Å². The van der Waals surface area contributed by atoms with Crippen molar-refractivity contribution in [3.63, 3.8) is 0 Å². The minimum Gasteiger partial charge on any atom is -0.397 e. The minimum absolute atomic E-state index is 0.0523.